The average Bonchev–Trinajstić information content (AvgIpc) is 2.57. The molecular formula is C19H25BrN2OS. The lowest BCUT2D eigenvalue weighted by Crippen LogP contribution is -2.45. The molecule has 130 valence electrons. The Morgan fingerprint density at radius 2 is 2.12 bits per heavy atom. The minimum absolute atomic E-state index is 0.0155. The van der Waals surface area contributed by atoms with Gasteiger partial charge in [0.25, 0.3) is 0 Å². The third kappa shape index (κ3) is 4.45. The van der Waals surface area contributed by atoms with E-state index in [0.717, 1.165) is 35.8 Å². The third-order valence-corrected chi connectivity index (χ3v) is 5.62. The topological polar surface area (TPSA) is 41.1 Å². The molecule has 1 atom stereocenters. The van der Waals surface area contributed by atoms with Crippen molar-refractivity contribution in [3.63, 3.8) is 0 Å². The van der Waals surface area contributed by atoms with Crippen LogP contribution in [0.1, 0.15) is 57.9 Å². The molecule has 0 aromatic heterocycles. The van der Waals surface area contributed by atoms with Crippen LogP contribution in [0, 0.1) is 5.41 Å². The number of allylic oxidation sites excluding steroid dienone is 2. The predicted molar refractivity (Wildman–Crippen MR) is 108 cm³/mol. The molecule has 0 spiro atoms. The van der Waals surface area contributed by atoms with Gasteiger partial charge < -0.3 is 10.6 Å². The highest BCUT2D eigenvalue weighted by Gasteiger charge is 2.36. The number of amides is 1. The molecule has 1 amide bonds. The van der Waals surface area contributed by atoms with Gasteiger partial charge in [-0.05, 0) is 77.4 Å². The Morgan fingerprint density at radius 1 is 1.38 bits per heavy atom. The molecule has 2 rings (SSSR count). The normalized spacial score (nSPS) is 20.0. The van der Waals surface area contributed by atoms with E-state index in [9.17, 15) is 4.79 Å². The van der Waals surface area contributed by atoms with Crippen molar-refractivity contribution in [3.8, 4) is 0 Å². The molecule has 0 radical (unpaired) electrons. The second-order valence-electron chi connectivity index (χ2n) is 6.65. The van der Waals surface area contributed by atoms with Crippen molar-refractivity contribution < 1.29 is 4.79 Å². The van der Waals surface area contributed by atoms with Gasteiger partial charge in [0.2, 0.25) is 5.91 Å². The summed E-state index contributed by atoms with van der Waals surface area (Å²) in [5, 5.41) is 6.35. The fourth-order valence-electron chi connectivity index (χ4n) is 2.96. The molecule has 0 aliphatic heterocycles. The first-order chi connectivity index (χ1) is 11.4. The number of thiocarbonyl (C=S) groups is 1. The number of rotatable bonds is 4. The number of halogens is 1. The maximum atomic E-state index is 12.7. The van der Waals surface area contributed by atoms with Crippen molar-refractivity contribution >= 4 is 44.9 Å². The summed E-state index contributed by atoms with van der Waals surface area (Å²) in [5.74, 6) is 0.479. The lowest BCUT2D eigenvalue weighted by Gasteiger charge is -2.32. The summed E-state index contributed by atoms with van der Waals surface area (Å²) >= 11 is 8.91. The van der Waals surface area contributed by atoms with Crippen LogP contribution in [-0.2, 0) is 4.79 Å². The second kappa shape index (κ2) is 8.26. The smallest absolute Gasteiger partial charge is 0.232 e. The first-order valence-corrected chi connectivity index (χ1v) is 9.65. The van der Waals surface area contributed by atoms with Gasteiger partial charge in [0, 0.05) is 4.47 Å². The monoisotopic (exact) mass is 408 g/mol. The zero-order valence-corrected chi connectivity index (χ0v) is 16.9. The van der Waals surface area contributed by atoms with Gasteiger partial charge in [-0.1, -0.05) is 39.0 Å². The van der Waals surface area contributed by atoms with Gasteiger partial charge in [-0.25, -0.2) is 0 Å². The minimum Gasteiger partial charge on any atom is -0.331 e. The highest BCUT2D eigenvalue weighted by molar-refractivity contribution is 9.10. The van der Waals surface area contributed by atoms with Crippen LogP contribution in [0.3, 0.4) is 0 Å². The number of carbonyl (C=O) groups excluding carboxylic acids is 1. The van der Waals surface area contributed by atoms with E-state index in [-0.39, 0.29) is 11.3 Å². The Labute approximate surface area is 158 Å². The molecule has 5 heteroatoms. The van der Waals surface area contributed by atoms with Gasteiger partial charge in [0.1, 0.15) is 0 Å². The molecule has 24 heavy (non-hydrogen) atoms. The fraction of sp³-hybridized carbons (Fsp3) is 0.474. The van der Waals surface area contributed by atoms with E-state index in [1.54, 1.807) is 0 Å². The predicted octanol–water partition coefficient (Wildman–Crippen LogP) is 5.52. The number of carbonyl (C=O) groups is 1. The molecule has 2 N–H and O–H groups in total. The van der Waals surface area contributed by atoms with Crippen molar-refractivity contribution in [2.24, 2.45) is 5.41 Å². The van der Waals surface area contributed by atoms with E-state index in [1.807, 2.05) is 6.07 Å². The van der Waals surface area contributed by atoms with Crippen LogP contribution in [-0.4, -0.2) is 11.0 Å². The lowest BCUT2D eigenvalue weighted by molar-refractivity contribution is -0.130. The average molecular weight is 409 g/mol. The van der Waals surface area contributed by atoms with E-state index in [0.29, 0.717) is 11.0 Å². The fourth-order valence-corrected chi connectivity index (χ4v) is 3.66. The lowest BCUT2D eigenvalue weighted by atomic mass is 9.74. The largest absolute Gasteiger partial charge is 0.331 e. The maximum Gasteiger partial charge on any atom is 0.232 e. The summed E-state index contributed by atoms with van der Waals surface area (Å²) in [6, 6.07) is 6.13. The van der Waals surface area contributed by atoms with Crippen LogP contribution in [0.4, 0.5) is 5.69 Å². The van der Waals surface area contributed by atoms with Gasteiger partial charge in [-0.3, -0.25) is 4.79 Å². The summed E-state index contributed by atoms with van der Waals surface area (Å²) in [6.45, 7) is 6.38. The second-order valence-corrected chi connectivity index (χ2v) is 7.91. The van der Waals surface area contributed by atoms with Crippen molar-refractivity contribution in [2.45, 2.75) is 52.4 Å². The molecule has 0 saturated carbocycles. The summed E-state index contributed by atoms with van der Waals surface area (Å²) in [5.41, 5.74) is 1.78. The number of hydrogen-bond acceptors (Lipinski definition) is 2. The first-order valence-electron chi connectivity index (χ1n) is 8.45. The summed E-state index contributed by atoms with van der Waals surface area (Å²) in [4.78, 5) is 12.7. The summed E-state index contributed by atoms with van der Waals surface area (Å²) in [7, 11) is 0. The Kier molecular flexibility index (Phi) is 6.58. The third-order valence-electron chi connectivity index (χ3n) is 4.76. The molecule has 1 unspecified atom stereocenters. The maximum absolute atomic E-state index is 12.7. The Morgan fingerprint density at radius 3 is 2.67 bits per heavy atom. The van der Waals surface area contributed by atoms with Gasteiger partial charge in [0.05, 0.1) is 11.1 Å². The number of nitrogens with one attached hydrogen (secondary N) is 2. The van der Waals surface area contributed by atoms with Crippen molar-refractivity contribution in [1.82, 2.24) is 5.32 Å². The van der Waals surface area contributed by atoms with Crippen LogP contribution in [0.5, 0.6) is 0 Å². The first kappa shape index (κ1) is 19.1. The molecule has 0 fully saturated rings. The summed E-state index contributed by atoms with van der Waals surface area (Å²) < 4.78 is 0.941. The van der Waals surface area contributed by atoms with E-state index >= 15 is 0 Å². The molecule has 1 aliphatic carbocycles. The highest BCUT2D eigenvalue weighted by atomic mass is 79.9. The van der Waals surface area contributed by atoms with Crippen LogP contribution in [0.2, 0.25) is 0 Å². The SMILES string of the molecule is CCC1(C(=O)NC(=S)Nc2ccc(C(C)C)cc2Br)CC=CCC1. The Bertz CT molecular complexity index is 657. The van der Waals surface area contributed by atoms with Gasteiger partial charge in [0.15, 0.2) is 5.11 Å². The number of hydrogen-bond donors (Lipinski definition) is 2. The van der Waals surface area contributed by atoms with Gasteiger partial charge >= 0.3 is 0 Å². The quantitative estimate of drug-likeness (QED) is 0.508. The number of anilines is 1. The van der Waals surface area contributed by atoms with Crippen LogP contribution in [0.15, 0.2) is 34.8 Å². The van der Waals surface area contributed by atoms with E-state index in [1.165, 1.54) is 5.56 Å². The zero-order valence-electron chi connectivity index (χ0n) is 14.5. The molecule has 0 bridgehead atoms. The van der Waals surface area contributed by atoms with Crippen molar-refractivity contribution in [2.75, 3.05) is 5.32 Å². The van der Waals surface area contributed by atoms with Crippen LogP contribution < -0.4 is 10.6 Å². The molecule has 0 saturated heterocycles. The van der Waals surface area contributed by atoms with Crippen molar-refractivity contribution in [3.05, 3.63) is 40.4 Å². The van der Waals surface area contributed by atoms with E-state index < -0.39 is 0 Å². The van der Waals surface area contributed by atoms with Gasteiger partial charge in [-0.15, -0.1) is 0 Å². The van der Waals surface area contributed by atoms with E-state index in [4.69, 9.17) is 12.2 Å². The highest BCUT2D eigenvalue weighted by Crippen LogP contribution is 2.36. The van der Waals surface area contributed by atoms with Crippen LogP contribution >= 0.6 is 28.1 Å². The minimum atomic E-state index is -0.334. The molecular weight excluding hydrogens is 384 g/mol. The molecule has 1 aromatic carbocycles. The van der Waals surface area contributed by atoms with E-state index in [2.05, 4.69) is 71.6 Å². The Balaban J connectivity index is 2.03. The molecule has 1 aromatic rings. The Hall–Kier alpha value is -1.20. The number of benzene rings is 1. The van der Waals surface area contributed by atoms with Crippen molar-refractivity contribution in [1.29, 1.82) is 0 Å². The standard InChI is InChI=1S/C19H25BrN2OS/c1-4-19(10-6-5-7-11-19)17(23)22-18(24)21-16-9-8-14(13(2)3)12-15(16)20/h5-6,8-9,12-13H,4,7,10-11H2,1-3H3,(H2,21,22,23,24). The summed E-state index contributed by atoms with van der Waals surface area (Å²) in [6.07, 6.45) is 7.67. The van der Waals surface area contributed by atoms with Crippen LogP contribution in [0.25, 0.3) is 0 Å². The molecule has 0 heterocycles. The molecule has 3 nitrogen and oxygen atoms in total. The zero-order chi connectivity index (χ0) is 17.7. The van der Waals surface area contributed by atoms with Gasteiger partial charge in [-0.2, -0.15) is 0 Å². The molecule has 1 aliphatic rings.